The van der Waals surface area contributed by atoms with E-state index in [1.807, 2.05) is 42.5 Å². The van der Waals surface area contributed by atoms with E-state index in [2.05, 4.69) is 54.7 Å². The SMILES string of the molecule is CN1CCCNc2ncnc3[nH]c(O)c(c23)C=Nc2cccc(c2)CCC(=O)N[C@H](Cc2ccccc2)C1. The summed E-state index contributed by atoms with van der Waals surface area (Å²) in [6, 6.07) is 18.1. The van der Waals surface area contributed by atoms with Crippen LogP contribution in [0.2, 0.25) is 0 Å². The number of anilines is 1. The van der Waals surface area contributed by atoms with Gasteiger partial charge in [0.1, 0.15) is 17.8 Å². The molecule has 196 valence electrons. The average molecular weight is 512 g/mol. The molecular weight excluding hydrogens is 478 g/mol. The number of benzene rings is 2. The van der Waals surface area contributed by atoms with E-state index in [0.29, 0.717) is 41.8 Å². The number of hydrogen-bond donors (Lipinski definition) is 4. The molecule has 0 fully saturated rings. The van der Waals surface area contributed by atoms with Gasteiger partial charge < -0.3 is 25.6 Å². The number of aromatic hydroxyl groups is 1. The average Bonchev–Trinajstić information content (AvgIpc) is 3.24. The van der Waals surface area contributed by atoms with Crippen LogP contribution in [0.15, 0.2) is 65.9 Å². The lowest BCUT2D eigenvalue weighted by atomic mass is 10.0. The van der Waals surface area contributed by atoms with Gasteiger partial charge in [-0.1, -0.05) is 42.5 Å². The Morgan fingerprint density at radius 3 is 2.82 bits per heavy atom. The molecule has 0 radical (unpaired) electrons. The monoisotopic (exact) mass is 511 g/mol. The van der Waals surface area contributed by atoms with Gasteiger partial charge >= 0.3 is 0 Å². The van der Waals surface area contributed by atoms with Gasteiger partial charge in [0, 0.05) is 31.8 Å². The highest BCUT2D eigenvalue weighted by atomic mass is 16.3. The molecule has 0 spiro atoms. The van der Waals surface area contributed by atoms with Crippen molar-refractivity contribution in [2.75, 3.05) is 32.0 Å². The number of aromatic amines is 1. The molecule has 2 aromatic carbocycles. The third-order valence-corrected chi connectivity index (χ3v) is 6.73. The lowest BCUT2D eigenvalue weighted by Gasteiger charge is -2.25. The van der Waals surface area contributed by atoms with E-state index in [-0.39, 0.29) is 17.8 Å². The molecule has 1 aliphatic heterocycles. The maximum absolute atomic E-state index is 13.0. The summed E-state index contributed by atoms with van der Waals surface area (Å²) in [6.07, 6.45) is 5.77. The molecule has 38 heavy (non-hydrogen) atoms. The number of likely N-dealkylation sites (N-methyl/N-ethyl adjacent to an activating group) is 1. The summed E-state index contributed by atoms with van der Waals surface area (Å²) >= 11 is 0. The maximum atomic E-state index is 13.0. The summed E-state index contributed by atoms with van der Waals surface area (Å²) in [4.78, 5) is 31.4. The minimum Gasteiger partial charge on any atom is -0.494 e. The first-order valence-electron chi connectivity index (χ1n) is 13.0. The van der Waals surface area contributed by atoms with Crippen molar-refractivity contribution in [3.63, 3.8) is 0 Å². The summed E-state index contributed by atoms with van der Waals surface area (Å²) in [5.41, 5.74) is 4.05. The van der Waals surface area contributed by atoms with Crippen LogP contribution in [0.3, 0.4) is 0 Å². The molecule has 4 aromatic rings. The second kappa shape index (κ2) is 11.9. The Kier molecular flexibility index (Phi) is 7.94. The molecule has 3 heterocycles. The minimum atomic E-state index is -0.00444. The van der Waals surface area contributed by atoms with Crippen molar-refractivity contribution in [1.29, 1.82) is 0 Å². The first-order chi connectivity index (χ1) is 18.5. The van der Waals surface area contributed by atoms with Gasteiger partial charge in [-0.2, -0.15) is 0 Å². The molecular formula is C29H33N7O2. The van der Waals surface area contributed by atoms with Crippen molar-refractivity contribution in [1.82, 2.24) is 25.2 Å². The third kappa shape index (κ3) is 6.36. The Morgan fingerprint density at radius 2 is 1.95 bits per heavy atom. The normalized spacial score (nSPS) is 17.7. The fourth-order valence-corrected chi connectivity index (χ4v) is 4.87. The molecule has 1 amide bonds. The van der Waals surface area contributed by atoms with Crippen molar-refractivity contribution in [3.05, 3.63) is 77.6 Å². The van der Waals surface area contributed by atoms with E-state index in [4.69, 9.17) is 0 Å². The minimum absolute atomic E-state index is 0.00444. The van der Waals surface area contributed by atoms with Gasteiger partial charge in [-0.05, 0) is 56.1 Å². The van der Waals surface area contributed by atoms with Gasteiger partial charge in [0.15, 0.2) is 5.88 Å². The molecule has 9 nitrogen and oxygen atoms in total. The second-order valence-electron chi connectivity index (χ2n) is 9.76. The maximum Gasteiger partial charge on any atom is 0.220 e. The van der Waals surface area contributed by atoms with Crippen LogP contribution in [0, 0.1) is 0 Å². The number of carbonyl (C=O) groups excluding carboxylic acids is 1. The van der Waals surface area contributed by atoms with Crippen molar-refractivity contribution < 1.29 is 9.90 Å². The number of nitrogens with one attached hydrogen (secondary N) is 3. The Morgan fingerprint density at radius 1 is 1.08 bits per heavy atom. The Balaban J connectivity index is 1.41. The van der Waals surface area contributed by atoms with Crippen LogP contribution in [0.4, 0.5) is 11.5 Å². The highest BCUT2D eigenvalue weighted by molar-refractivity contribution is 6.06. The summed E-state index contributed by atoms with van der Waals surface area (Å²) in [5.74, 6) is 0.688. The van der Waals surface area contributed by atoms with Crippen LogP contribution in [0.1, 0.15) is 29.5 Å². The number of H-pyrrole nitrogens is 1. The fraction of sp³-hybridized carbons (Fsp3) is 0.310. The van der Waals surface area contributed by atoms with Crippen LogP contribution in [-0.2, 0) is 17.6 Å². The lowest BCUT2D eigenvalue weighted by Crippen LogP contribution is -2.44. The molecule has 5 rings (SSSR count). The fourth-order valence-electron chi connectivity index (χ4n) is 4.87. The smallest absolute Gasteiger partial charge is 0.220 e. The number of nitrogens with zero attached hydrogens (tertiary/aromatic N) is 4. The molecule has 1 aliphatic rings. The molecule has 0 unspecified atom stereocenters. The van der Waals surface area contributed by atoms with Gasteiger partial charge in [0.2, 0.25) is 5.91 Å². The standard InChI is InChI=1S/C29H33N7O2/c1-36-14-6-13-30-27-26-24(29(38)35-28(26)33-19-32-27)17-31-22-10-5-9-21(15-22)11-12-25(37)34-23(18-36)16-20-7-3-2-4-8-20/h2-5,7-10,15,17,19,23,38H,6,11-14,16,18H2,1H3,(H,34,37)(H2,30,32,33,35)/t23-/m1/s1. The van der Waals surface area contributed by atoms with Crippen LogP contribution in [0.25, 0.3) is 11.0 Å². The van der Waals surface area contributed by atoms with Crippen molar-refractivity contribution >= 4 is 34.7 Å². The molecule has 2 bridgehead atoms. The number of aromatic nitrogens is 3. The Labute approximate surface area is 222 Å². The van der Waals surface area contributed by atoms with E-state index in [1.165, 1.54) is 11.9 Å². The van der Waals surface area contributed by atoms with Gasteiger partial charge in [-0.25, -0.2) is 9.97 Å². The van der Waals surface area contributed by atoms with Gasteiger partial charge in [-0.3, -0.25) is 9.79 Å². The van der Waals surface area contributed by atoms with Crippen LogP contribution >= 0.6 is 0 Å². The Bertz CT molecular complexity index is 1420. The highest BCUT2D eigenvalue weighted by Crippen LogP contribution is 2.30. The van der Waals surface area contributed by atoms with Crippen molar-refractivity contribution in [3.8, 4) is 5.88 Å². The first-order valence-corrected chi connectivity index (χ1v) is 13.0. The summed E-state index contributed by atoms with van der Waals surface area (Å²) < 4.78 is 0. The molecule has 9 heteroatoms. The van der Waals surface area contributed by atoms with Crippen molar-refractivity contribution in [2.45, 2.75) is 31.7 Å². The van der Waals surface area contributed by atoms with E-state index in [0.717, 1.165) is 37.2 Å². The first kappa shape index (κ1) is 25.4. The topological polar surface area (TPSA) is 119 Å². The van der Waals surface area contributed by atoms with E-state index in [1.54, 1.807) is 6.21 Å². The molecule has 0 saturated heterocycles. The number of carbonyl (C=O) groups is 1. The predicted octanol–water partition coefficient (Wildman–Crippen LogP) is 3.82. The number of rotatable bonds is 2. The van der Waals surface area contributed by atoms with Crippen LogP contribution in [-0.4, -0.2) is 69.8 Å². The highest BCUT2D eigenvalue weighted by Gasteiger charge is 2.17. The third-order valence-electron chi connectivity index (χ3n) is 6.73. The summed E-state index contributed by atoms with van der Waals surface area (Å²) in [6.45, 7) is 2.29. The number of amides is 1. The summed E-state index contributed by atoms with van der Waals surface area (Å²) in [5, 5.41) is 17.9. The molecule has 0 saturated carbocycles. The predicted molar refractivity (Wildman–Crippen MR) is 150 cm³/mol. The van der Waals surface area contributed by atoms with Crippen LogP contribution in [0.5, 0.6) is 5.88 Å². The number of aliphatic imine (C=N–C) groups is 1. The largest absolute Gasteiger partial charge is 0.494 e. The van der Waals surface area contributed by atoms with E-state index < -0.39 is 0 Å². The molecule has 1 atom stereocenters. The van der Waals surface area contributed by atoms with Crippen molar-refractivity contribution in [2.24, 2.45) is 4.99 Å². The molecule has 0 aliphatic carbocycles. The number of fused-ring (bicyclic) bond motifs is 2. The van der Waals surface area contributed by atoms with E-state index >= 15 is 0 Å². The van der Waals surface area contributed by atoms with Gasteiger partial charge in [0.25, 0.3) is 0 Å². The zero-order chi connectivity index (χ0) is 26.3. The van der Waals surface area contributed by atoms with Crippen LogP contribution < -0.4 is 10.6 Å². The molecule has 2 aromatic heterocycles. The second-order valence-corrected chi connectivity index (χ2v) is 9.76. The summed E-state index contributed by atoms with van der Waals surface area (Å²) in [7, 11) is 2.08. The van der Waals surface area contributed by atoms with Gasteiger partial charge in [0.05, 0.1) is 16.6 Å². The molecule has 4 N–H and O–H groups in total. The van der Waals surface area contributed by atoms with E-state index in [9.17, 15) is 9.90 Å². The zero-order valence-electron chi connectivity index (χ0n) is 21.5. The van der Waals surface area contributed by atoms with Gasteiger partial charge in [-0.15, -0.1) is 0 Å². The Hall–Kier alpha value is -4.24. The zero-order valence-corrected chi connectivity index (χ0v) is 21.5. The quantitative estimate of drug-likeness (QED) is 0.325. The number of aryl methyl sites for hydroxylation is 1. The number of hydrogen-bond acceptors (Lipinski definition) is 7. The lowest BCUT2D eigenvalue weighted by molar-refractivity contribution is -0.121.